The summed E-state index contributed by atoms with van der Waals surface area (Å²) in [4.78, 5) is 0. The van der Waals surface area contributed by atoms with Crippen molar-refractivity contribution >= 4 is 0 Å². The van der Waals surface area contributed by atoms with Crippen LogP contribution in [0.15, 0.2) is 12.1 Å². The van der Waals surface area contributed by atoms with Crippen molar-refractivity contribution in [3.63, 3.8) is 0 Å². The first-order valence-corrected chi connectivity index (χ1v) is 7.78. The molecule has 0 aliphatic heterocycles. The van der Waals surface area contributed by atoms with Gasteiger partial charge in [-0.1, -0.05) is 12.5 Å². The molecule has 0 radical (unpaired) electrons. The van der Waals surface area contributed by atoms with Crippen LogP contribution >= 0.6 is 0 Å². The highest BCUT2D eigenvalue weighted by atomic mass is 16.5. The maximum atomic E-state index is 5.54. The predicted molar refractivity (Wildman–Crippen MR) is 82.2 cm³/mol. The Labute approximate surface area is 126 Å². The first kappa shape index (κ1) is 14.5. The molecule has 2 bridgehead atoms. The lowest BCUT2D eigenvalue weighted by Crippen LogP contribution is -2.33. The van der Waals surface area contributed by atoms with Crippen LogP contribution in [0.5, 0.6) is 17.2 Å². The smallest absolute Gasteiger partial charge is 0.203 e. The van der Waals surface area contributed by atoms with Crippen molar-refractivity contribution in [2.24, 2.45) is 11.8 Å². The largest absolute Gasteiger partial charge is 0.493 e. The van der Waals surface area contributed by atoms with Gasteiger partial charge < -0.3 is 19.5 Å². The number of benzene rings is 1. The molecule has 3 atom stereocenters. The number of nitrogens with one attached hydrogen (secondary N) is 1. The van der Waals surface area contributed by atoms with Crippen molar-refractivity contribution in [2.75, 3.05) is 21.3 Å². The molecular weight excluding hydrogens is 266 g/mol. The summed E-state index contributed by atoms with van der Waals surface area (Å²) in [5, 5.41) is 3.72. The van der Waals surface area contributed by atoms with Crippen LogP contribution in [0.4, 0.5) is 0 Å². The third kappa shape index (κ3) is 2.69. The molecule has 0 saturated heterocycles. The topological polar surface area (TPSA) is 39.7 Å². The fourth-order valence-corrected chi connectivity index (χ4v) is 4.04. The molecule has 1 N–H and O–H groups in total. The van der Waals surface area contributed by atoms with E-state index in [1.165, 1.54) is 25.7 Å². The van der Waals surface area contributed by atoms with Crippen LogP contribution in [-0.2, 0) is 6.54 Å². The lowest BCUT2D eigenvalue weighted by molar-refractivity contribution is 0.317. The molecule has 1 aromatic rings. The van der Waals surface area contributed by atoms with Crippen LogP contribution in [0.2, 0.25) is 0 Å². The van der Waals surface area contributed by atoms with Gasteiger partial charge in [0, 0.05) is 18.2 Å². The maximum Gasteiger partial charge on any atom is 0.203 e. The predicted octanol–water partition coefficient (Wildman–Crippen LogP) is 2.99. The van der Waals surface area contributed by atoms with Gasteiger partial charge in [0.05, 0.1) is 21.3 Å². The zero-order valence-electron chi connectivity index (χ0n) is 13.1. The van der Waals surface area contributed by atoms with Crippen molar-refractivity contribution in [2.45, 2.75) is 38.3 Å². The summed E-state index contributed by atoms with van der Waals surface area (Å²) in [5.74, 6) is 3.98. The Bertz CT molecular complexity index is 503. The van der Waals surface area contributed by atoms with E-state index in [2.05, 4.69) is 11.4 Å². The SMILES string of the molecule is COc1ccc(CNC2CC3CCC2C3)c(OC)c1OC. The highest BCUT2D eigenvalue weighted by molar-refractivity contribution is 5.55. The zero-order valence-corrected chi connectivity index (χ0v) is 13.1. The molecule has 3 unspecified atom stereocenters. The van der Waals surface area contributed by atoms with Gasteiger partial charge in [-0.05, 0) is 37.2 Å². The molecule has 4 nitrogen and oxygen atoms in total. The Balaban J connectivity index is 1.72. The Morgan fingerprint density at radius 2 is 1.81 bits per heavy atom. The highest BCUT2D eigenvalue weighted by Crippen LogP contribution is 2.45. The molecule has 116 valence electrons. The molecule has 3 rings (SSSR count). The molecule has 0 spiro atoms. The second-order valence-corrected chi connectivity index (χ2v) is 6.16. The lowest BCUT2D eigenvalue weighted by Gasteiger charge is -2.24. The second kappa shape index (κ2) is 6.14. The fourth-order valence-electron chi connectivity index (χ4n) is 4.04. The molecule has 0 aromatic heterocycles. The molecule has 2 aliphatic carbocycles. The zero-order chi connectivity index (χ0) is 14.8. The van der Waals surface area contributed by atoms with E-state index in [9.17, 15) is 0 Å². The van der Waals surface area contributed by atoms with E-state index >= 15 is 0 Å². The number of rotatable bonds is 6. The van der Waals surface area contributed by atoms with E-state index in [0.29, 0.717) is 17.5 Å². The van der Waals surface area contributed by atoms with Gasteiger partial charge in [0.2, 0.25) is 5.75 Å². The average molecular weight is 291 g/mol. The summed E-state index contributed by atoms with van der Waals surface area (Å²) in [6, 6.07) is 4.67. The minimum absolute atomic E-state index is 0.668. The third-order valence-corrected chi connectivity index (χ3v) is 5.08. The van der Waals surface area contributed by atoms with Crippen molar-refractivity contribution in [1.29, 1.82) is 0 Å². The summed E-state index contributed by atoms with van der Waals surface area (Å²) in [5.41, 5.74) is 1.12. The summed E-state index contributed by atoms with van der Waals surface area (Å²) >= 11 is 0. The number of hydrogen-bond acceptors (Lipinski definition) is 4. The fraction of sp³-hybridized carbons (Fsp3) is 0.647. The number of ether oxygens (including phenoxy) is 3. The Kier molecular flexibility index (Phi) is 4.24. The van der Waals surface area contributed by atoms with Crippen LogP contribution in [0, 0.1) is 11.8 Å². The van der Waals surface area contributed by atoms with Crippen molar-refractivity contribution in [3.8, 4) is 17.2 Å². The molecule has 2 saturated carbocycles. The monoisotopic (exact) mass is 291 g/mol. The van der Waals surface area contributed by atoms with Gasteiger partial charge in [-0.15, -0.1) is 0 Å². The third-order valence-electron chi connectivity index (χ3n) is 5.08. The van der Waals surface area contributed by atoms with Gasteiger partial charge in [-0.3, -0.25) is 0 Å². The summed E-state index contributed by atoms with van der Waals surface area (Å²) in [7, 11) is 4.97. The highest BCUT2D eigenvalue weighted by Gasteiger charge is 2.39. The molecule has 0 amide bonds. The Hall–Kier alpha value is -1.42. The Morgan fingerprint density at radius 3 is 2.38 bits per heavy atom. The molecule has 21 heavy (non-hydrogen) atoms. The van der Waals surface area contributed by atoms with Crippen molar-refractivity contribution < 1.29 is 14.2 Å². The number of hydrogen-bond donors (Lipinski definition) is 1. The van der Waals surface area contributed by atoms with Crippen LogP contribution in [-0.4, -0.2) is 27.4 Å². The van der Waals surface area contributed by atoms with Crippen LogP contribution < -0.4 is 19.5 Å². The molecule has 0 heterocycles. The molecule has 4 heteroatoms. The van der Waals surface area contributed by atoms with Gasteiger partial charge in [0.25, 0.3) is 0 Å². The first-order chi connectivity index (χ1) is 10.3. The van der Waals surface area contributed by atoms with E-state index in [1.807, 2.05) is 6.07 Å². The van der Waals surface area contributed by atoms with E-state index < -0.39 is 0 Å². The maximum absolute atomic E-state index is 5.54. The number of fused-ring (bicyclic) bond motifs is 2. The summed E-state index contributed by atoms with van der Waals surface area (Å²) < 4.78 is 16.3. The standard InChI is InChI=1S/C17H25NO3/c1-19-15-7-6-13(16(20-2)17(15)21-3)10-18-14-9-11-4-5-12(14)8-11/h6-7,11-12,14,18H,4-5,8-10H2,1-3H3. The van der Waals surface area contributed by atoms with Crippen molar-refractivity contribution in [1.82, 2.24) is 5.32 Å². The minimum Gasteiger partial charge on any atom is -0.493 e. The minimum atomic E-state index is 0.668. The van der Waals surface area contributed by atoms with Gasteiger partial charge in [0.15, 0.2) is 11.5 Å². The first-order valence-electron chi connectivity index (χ1n) is 7.78. The van der Waals surface area contributed by atoms with Crippen molar-refractivity contribution in [3.05, 3.63) is 17.7 Å². The van der Waals surface area contributed by atoms with Gasteiger partial charge in [-0.2, -0.15) is 0 Å². The van der Waals surface area contributed by atoms with Gasteiger partial charge >= 0.3 is 0 Å². The second-order valence-electron chi connectivity index (χ2n) is 6.16. The average Bonchev–Trinajstić information content (AvgIpc) is 3.14. The summed E-state index contributed by atoms with van der Waals surface area (Å²) in [6.07, 6.45) is 5.58. The van der Waals surface area contributed by atoms with Crippen LogP contribution in [0.25, 0.3) is 0 Å². The van der Waals surface area contributed by atoms with Crippen LogP contribution in [0.3, 0.4) is 0 Å². The van der Waals surface area contributed by atoms with E-state index in [-0.39, 0.29) is 0 Å². The summed E-state index contributed by atoms with van der Waals surface area (Å²) in [6.45, 7) is 0.817. The van der Waals surface area contributed by atoms with Gasteiger partial charge in [0.1, 0.15) is 0 Å². The molecular formula is C17H25NO3. The van der Waals surface area contributed by atoms with Crippen LogP contribution in [0.1, 0.15) is 31.2 Å². The lowest BCUT2D eigenvalue weighted by atomic mass is 9.95. The number of methoxy groups -OCH3 is 3. The van der Waals surface area contributed by atoms with E-state index in [1.54, 1.807) is 21.3 Å². The van der Waals surface area contributed by atoms with E-state index in [0.717, 1.165) is 29.7 Å². The quantitative estimate of drug-likeness (QED) is 0.874. The molecule has 2 aliphatic rings. The van der Waals surface area contributed by atoms with Gasteiger partial charge in [-0.25, -0.2) is 0 Å². The molecule has 2 fully saturated rings. The normalized spacial score (nSPS) is 26.9. The Morgan fingerprint density at radius 1 is 1.00 bits per heavy atom. The van der Waals surface area contributed by atoms with E-state index in [4.69, 9.17) is 14.2 Å². The molecule has 1 aromatic carbocycles.